The molecule has 0 aliphatic carbocycles. The van der Waals surface area contributed by atoms with Crippen LogP contribution in [0.3, 0.4) is 0 Å². The Kier molecular flexibility index (Phi) is 10.5. The maximum atomic E-state index is 5.54. The first-order valence-corrected chi connectivity index (χ1v) is 5.74. The van der Waals surface area contributed by atoms with E-state index in [9.17, 15) is 0 Å². The molecule has 0 aliphatic rings. The van der Waals surface area contributed by atoms with Crippen molar-refractivity contribution in [1.29, 1.82) is 0 Å². The summed E-state index contributed by atoms with van der Waals surface area (Å²) in [7, 11) is 0. The van der Waals surface area contributed by atoms with Crippen LogP contribution in [0.1, 0.15) is 40.0 Å². The van der Waals surface area contributed by atoms with Crippen molar-refractivity contribution in [1.82, 2.24) is 5.32 Å². The fourth-order valence-corrected chi connectivity index (χ4v) is 1.18. The molecular weight excluding hydrogens is 174 g/mol. The summed E-state index contributed by atoms with van der Waals surface area (Å²) in [4.78, 5) is 0. The van der Waals surface area contributed by atoms with E-state index in [1.165, 1.54) is 19.3 Å². The van der Waals surface area contributed by atoms with Crippen LogP contribution in [0, 0.1) is 0 Å². The van der Waals surface area contributed by atoms with Gasteiger partial charge in [0.1, 0.15) is 0 Å². The molecule has 1 unspecified atom stereocenters. The largest absolute Gasteiger partial charge is 0.373 e. The second-order valence-electron chi connectivity index (χ2n) is 3.62. The molecule has 0 aliphatic heterocycles. The van der Waals surface area contributed by atoms with Crippen LogP contribution in [0.2, 0.25) is 0 Å². The quantitative estimate of drug-likeness (QED) is 0.455. The van der Waals surface area contributed by atoms with E-state index in [1.807, 2.05) is 19.1 Å². The Morgan fingerprint density at radius 2 is 2.14 bits per heavy atom. The fraction of sp³-hybridized carbons (Fsp3) is 0.833. The highest BCUT2D eigenvalue weighted by molar-refractivity contribution is 4.76. The Morgan fingerprint density at radius 1 is 1.36 bits per heavy atom. The van der Waals surface area contributed by atoms with Gasteiger partial charge in [0, 0.05) is 6.54 Å². The molecule has 0 amide bonds. The molecule has 0 heterocycles. The van der Waals surface area contributed by atoms with Gasteiger partial charge in [0.05, 0.1) is 12.7 Å². The normalized spacial score (nSPS) is 13.6. The van der Waals surface area contributed by atoms with Gasteiger partial charge >= 0.3 is 0 Å². The van der Waals surface area contributed by atoms with Gasteiger partial charge in [-0.15, -0.1) is 0 Å². The van der Waals surface area contributed by atoms with Crippen molar-refractivity contribution in [2.45, 2.75) is 46.1 Å². The van der Waals surface area contributed by atoms with Gasteiger partial charge in [-0.05, 0) is 26.8 Å². The van der Waals surface area contributed by atoms with Crippen LogP contribution in [0.4, 0.5) is 0 Å². The molecule has 0 saturated carbocycles. The van der Waals surface area contributed by atoms with Crippen molar-refractivity contribution in [3.63, 3.8) is 0 Å². The molecule has 0 rings (SSSR count). The standard InChI is InChI=1S/C12H25NO/c1-4-6-8-9-13-11-12(3)14-10-7-5-2/h5,7,12-13H,4,6,8-11H2,1-3H3. The lowest BCUT2D eigenvalue weighted by Gasteiger charge is -2.12. The monoisotopic (exact) mass is 199 g/mol. The first-order valence-electron chi connectivity index (χ1n) is 5.74. The zero-order valence-corrected chi connectivity index (χ0v) is 9.88. The Labute approximate surface area is 88.7 Å². The summed E-state index contributed by atoms with van der Waals surface area (Å²) in [5, 5.41) is 3.40. The van der Waals surface area contributed by atoms with E-state index in [4.69, 9.17) is 4.74 Å². The Balaban J connectivity index is 3.13. The molecule has 0 aromatic carbocycles. The molecule has 1 N–H and O–H groups in total. The van der Waals surface area contributed by atoms with Crippen LogP contribution in [-0.4, -0.2) is 25.8 Å². The minimum atomic E-state index is 0.313. The highest BCUT2D eigenvalue weighted by Gasteiger charge is 1.98. The summed E-state index contributed by atoms with van der Waals surface area (Å²) in [6.07, 6.45) is 8.25. The third-order valence-electron chi connectivity index (χ3n) is 2.10. The van der Waals surface area contributed by atoms with Crippen LogP contribution < -0.4 is 5.32 Å². The lowest BCUT2D eigenvalue weighted by molar-refractivity contribution is 0.0878. The smallest absolute Gasteiger partial charge is 0.0675 e. The van der Waals surface area contributed by atoms with E-state index < -0.39 is 0 Å². The molecule has 0 spiro atoms. The van der Waals surface area contributed by atoms with E-state index in [1.54, 1.807) is 0 Å². The first kappa shape index (κ1) is 13.7. The fourth-order valence-electron chi connectivity index (χ4n) is 1.18. The van der Waals surface area contributed by atoms with E-state index in [0.717, 1.165) is 19.7 Å². The van der Waals surface area contributed by atoms with Gasteiger partial charge in [0.15, 0.2) is 0 Å². The Hall–Kier alpha value is -0.340. The summed E-state index contributed by atoms with van der Waals surface area (Å²) >= 11 is 0. The predicted octanol–water partition coefficient (Wildman–Crippen LogP) is 2.75. The van der Waals surface area contributed by atoms with Crippen molar-refractivity contribution < 1.29 is 4.74 Å². The molecule has 2 nitrogen and oxygen atoms in total. The van der Waals surface area contributed by atoms with Crippen molar-refractivity contribution in [2.75, 3.05) is 19.7 Å². The molecule has 0 fully saturated rings. The van der Waals surface area contributed by atoms with Crippen LogP contribution in [-0.2, 0) is 4.74 Å². The minimum Gasteiger partial charge on any atom is -0.373 e. The number of hydrogen-bond acceptors (Lipinski definition) is 2. The van der Waals surface area contributed by atoms with Crippen LogP contribution >= 0.6 is 0 Å². The van der Waals surface area contributed by atoms with Crippen LogP contribution in [0.15, 0.2) is 12.2 Å². The highest BCUT2D eigenvalue weighted by Crippen LogP contribution is 1.93. The van der Waals surface area contributed by atoms with Gasteiger partial charge < -0.3 is 10.1 Å². The van der Waals surface area contributed by atoms with Gasteiger partial charge in [-0.3, -0.25) is 0 Å². The second-order valence-corrected chi connectivity index (χ2v) is 3.62. The van der Waals surface area contributed by atoms with Crippen LogP contribution in [0.25, 0.3) is 0 Å². The topological polar surface area (TPSA) is 21.3 Å². The maximum Gasteiger partial charge on any atom is 0.0675 e. The number of rotatable bonds is 9. The summed E-state index contributed by atoms with van der Waals surface area (Å²) in [6, 6.07) is 0. The van der Waals surface area contributed by atoms with E-state index in [0.29, 0.717) is 6.10 Å². The summed E-state index contributed by atoms with van der Waals surface area (Å²) < 4.78 is 5.54. The third-order valence-corrected chi connectivity index (χ3v) is 2.10. The number of allylic oxidation sites excluding steroid dienone is 1. The van der Waals surface area contributed by atoms with Crippen LogP contribution in [0.5, 0.6) is 0 Å². The lowest BCUT2D eigenvalue weighted by atomic mass is 10.2. The third kappa shape index (κ3) is 9.75. The Morgan fingerprint density at radius 3 is 2.79 bits per heavy atom. The Bertz CT molecular complexity index is 134. The molecular formula is C12H25NO. The van der Waals surface area contributed by atoms with Gasteiger partial charge in [-0.25, -0.2) is 0 Å². The molecule has 1 atom stereocenters. The van der Waals surface area contributed by atoms with Gasteiger partial charge in [0.25, 0.3) is 0 Å². The van der Waals surface area contributed by atoms with Gasteiger partial charge in [-0.2, -0.15) is 0 Å². The van der Waals surface area contributed by atoms with Gasteiger partial charge in [0.2, 0.25) is 0 Å². The van der Waals surface area contributed by atoms with Crippen molar-refractivity contribution >= 4 is 0 Å². The molecule has 0 aromatic rings. The minimum absolute atomic E-state index is 0.313. The predicted molar refractivity (Wildman–Crippen MR) is 62.6 cm³/mol. The van der Waals surface area contributed by atoms with E-state index in [2.05, 4.69) is 19.2 Å². The second kappa shape index (κ2) is 10.7. The average Bonchev–Trinajstić information content (AvgIpc) is 2.18. The average molecular weight is 199 g/mol. The van der Waals surface area contributed by atoms with E-state index in [-0.39, 0.29) is 0 Å². The number of ether oxygens (including phenoxy) is 1. The van der Waals surface area contributed by atoms with Crippen molar-refractivity contribution in [2.24, 2.45) is 0 Å². The van der Waals surface area contributed by atoms with Gasteiger partial charge in [-0.1, -0.05) is 31.9 Å². The lowest BCUT2D eigenvalue weighted by Crippen LogP contribution is -2.27. The molecule has 0 radical (unpaired) electrons. The SMILES string of the molecule is CC=CCOC(C)CNCCCCC. The molecule has 0 aromatic heterocycles. The summed E-state index contributed by atoms with van der Waals surface area (Å²) in [6.45, 7) is 9.15. The highest BCUT2D eigenvalue weighted by atomic mass is 16.5. The molecule has 84 valence electrons. The maximum absolute atomic E-state index is 5.54. The zero-order chi connectivity index (χ0) is 10.6. The van der Waals surface area contributed by atoms with Crippen molar-refractivity contribution in [3.05, 3.63) is 12.2 Å². The number of nitrogens with one attached hydrogen (secondary N) is 1. The summed E-state index contributed by atoms with van der Waals surface area (Å²) in [5.41, 5.74) is 0. The van der Waals surface area contributed by atoms with E-state index >= 15 is 0 Å². The molecule has 0 saturated heterocycles. The zero-order valence-electron chi connectivity index (χ0n) is 9.88. The van der Waals surface area contributed by atoms with Crippen molar-refractivity contribution in [3.8, 4) is 0 Å². The number of unbranched alkanes of at least 4 members (excludes halogenated alkanes) is 2. The summed E-state index contributed by atoms with van der Waals surface area (Å²) in [5.74, 6) is 0. The number of hydrogen-bond donors (Lipinski definition) is 1. The first-order chi connectivity index (χ1) is 6.81. The molecule has 0 bridgehead atoms. The molecule has 2 heteroatoms. The molecule has 14 heavy (non-hydrogen) atoms.